The molecule has 3 aromatic rings. The van der Waals surface area contributed by atoms with Crippen molar-refractivity contribution in [1.82, 2.24) is 9.55 Å². The van der Waals surface area contributed by atoms with Crippen LogP contribution in [-0.4, -0.2) is 15.3 Å². The quantitative estimate of drug-likeness (QED) is 0.363. The highest BCUT2D eigenvalue weighted by Gasteiger charge is 2.11. The predicted molar refractivity (Wildman–Crippen MR) is 118 cm³/mol. The summed E-state index contributed by atoms with van der Waals surface area (Å²) in [5, 5.41) is 0.652. The van der Waals surface area contributed by atoms with Gasteiger partial charge in [-0.2, -0.15) is 0 Å². The van der Waals surface area contributed by atoms with E-state index in [-0.39, 0.29) is 11.3 Å². The summed E-state index contributed by atoms with van der Waals surface area (Å²) in [6.45, 7) is 4.14. The molecule has 0 aliphatic rings. The molecule has 0 radical (unpaired) electrons. The van der Waals surface area contributed by atoms with Gasteiger partial charge in [0.1, 0.15) is 5.82 Å². The first-order valence-electron chi connectivity index (χ1n) is 9.94. The van der Waals surface area contributed by atoms with Crippen LogP contribution in [0.15, 0.2) is 59.4 Å². The van der Waals surface area contributed by atoms with Crippen LogP contribution in [-0.2, 0) is 13.0 Å². The second-order valence-electron chi connectivity index (χ2n) is 7.20. The molecule has 0 aliphatic carbocycles. The van der Waals surface area contributed by atoms with Gasteiger partial charge in [0.05, 0.1) is 12.2 Å². The SMILES string of the molecule is CCCCCc1nc(-c2ccc(Cl)cc2)cc(=O)n1Cc1ccc(C(C)=O)cc1. The molecule has 1 heterocycles. The third-order valence-electron chi connectivity index (χ3n) is 4.93. The smallest absolute Gasteiger partial charge is 0.254 e. The Labute approximate surface area is 176 Å². The normalized spacial score (nSPS) is 10.9. The number of hydrogen-bond donors (Lipinski definition) is 0. The Morgan fingerprint density at radius 1 is 1.03 bits per heavy atom. The molecule has 0 amide bonds. The van der Waals surface area contributed by atoms with Gasteiger partial charge in [-0.25, -0.2) is 4.98 Å². The van der Waals surface area contributed by atoms with E-state index in [0.29, 0.717) is 22.8 Å². The van der Waals surface area contributed by atoms with Crippen molar-refractivity contribution in [3.8, 4) is 11.3 Å². The van der Waals surface area contributed by atoms with Crippen molar-refractivity contribution in [2.24, 2.45) is 0 Å². The number of Topliss-reactive ketones (excluding diaryl/α,β-unsaturated/α-hetero) is 1. The molecule has 0 bridgehead atoms. The molecule has 0 saturated carbocycles. The molecular weight excluding hydrogens is 384 g/mol. The zero-order valence-electron chi connectivity index (χ0n) is 16.8. The van der Waals surface area contributed by atoms with Crippen molar-refractivity contribution in [1.29, 1.82) is 0 Å². The Morgan fingerprint density at radius 3 is 2.34 bits per heavy atom. The highest BCUT2D eigenvalue weighted by atomic mass is 35.5. The van der Waals surface area contributed by atoms with Crippen LogP contribution in [0.3, 0.4) is 0 Å². The summed E-state index contributed by atoms with van der Waals surface area (Å²) in [7, 11) is 0. The van der Waals surface area contributed by atoms with Crippen LogP contribution in [0.4, 0.5) is 0 Å². The molecule has 0 N–H and O–H groups in total. The van der Waals surface area contributed by atoms with Crippen molar-refractivity contribution in [3.05, 3.63) is 86.9 Å². The topological polar surface area (TPSA) is 52.0 Å². The summed E-state index contributed by atoms with van der Waals surface area (Å²) in [5.74, 6) is 0.814. The molecule has 0 saturated heterocycles. The summed E-state index contributed by atoms with van der Waals surface area (Å²) >= 11 is 5.98. The first-order chi connectivity index (χ1) is 14.0. The lowest BCUT2D eigenvalue weighted by Gasteiger charge is -2.14. The average Bonchev–Trinajstić information content (AvgIpc) is 2.71. The summed E-state index contributed by atoms with van der Waals surface area (Å²) in [6.07, 6.45) is 3.92. The molecule has 5 heteroatoms. The Kier molecular flexibility index (Phi) is 6.99. The fourth-order valence-electron chi connectivity index (χ4n) is 3.24. The fourth-order valence-corrected chi connectivity index (χ4v) is 3.37. The number of aromatic nitrogens is 2. The van der Waals surface area contributed by atoms with Crippen molar-refractivity contribution >= 4 is 17.4 Å². The van der Waals surface area contributed by atoms with Crippen LogP contribution in [0.1, 0.15) is 54.9 Å². The Hall–Kier alpha value is -2.72. The van der Waals surface area contributed by atoms with Gasteiger partial charge in [0.25, 0.3) is 5.56 Å². The van der Waals surface area contributed by atoms with Gasteiger partial charge < -0.3 is 0 Å². The number of rotatable bonds is 8. The molecular formula is C24H25ClN2O2. The minimum Gasteiger partial charge on any atom is -0.295 e. The van der Waals surface area contributed by atoms with Gasteiger partial charge >= 0.3 is 0 Å². The average molecular weight is 409 g/mol. The number of halogens is 1. The van der Waals surface area contributed by atoms with Gasteiger partial charge in [0, 0.05) is 28.6 Å². The molecule has 0 spiro atoms. The number of nitrogens with zero attached hydrogens (tertiary/aromatic N) is 2. The van der Waals surface area contributed by atoms with E-state index in [0.717, 1.165) is 42.6 Å². The van der Waals surface area contributed by atoms with Crippen LogP contribution >= 0.6 is 11.6 Å². The van der Waals surface area contributed by atoms with E-state index in [1.807, 2.05) is 24.3 Å². The van der Waals surface area contributed by atoms with Crippen LogP contribution in [0.25, 0.3) is 11.3 Å². The Morgan fingerprint density at radius 2 is 1.72 bits per heavy atom. The molecule has 29 heavy (non-hydrogen) atoms. The fraction of sp³-hybridized carbons (Fsp3) is 0.292. The number of benzene rings is 2. The minimum absolute atomic E-state index is 0.0305. The predicted octanol–water partition coefficient (Wildman–Crippen LogP) is 5.55. The molecule has 0 fully saturated rings. The maximum atomic E-state index is 13.0. The van der Waals surface area contributed by atoms with Gasteiger partial charge in [-0.05, 0) is 31.0 Å². The third kappa shape index (κ3) is 5.42. The van der Waals surface area contributed by atoms with E-state index >= 15 is 0 Å². The van der Waals surface area contributed by atoms with E-state index in [4.69, 9.17) is 16.6 Å². The number of ketones is 1. The lowest BCUT2D eigenvalue weighted by molar-refractivity contribution is 0.101. The Balaban J connectivity index is 1.96. The molecule has 3 rings (SSSR count). The van der Waals surface area contributed by atoms with E-state index in [2.05, 4.69) is 6.92 Å². The van der Waals surface area contributed by atoms with Gasteiger partial charge in [-0.15, -0.1) is 0 Å². The second kappa shape index (κ2) is 9.66. The van der Waals surface area contributed by atoms with E-state index in [1.54, 1.807) is 41.8 Å². The van der Waals surface area contributed by atoms with Crippen LogP contribution < -0.4 is 5.56 Å². The zero-order chi connectivity index (χ0) is 20.8. The summed E-state index contributed by atoms with van der Waals surface area (Å²) in [4.78, 5) is 29.3. The van der Waals surface area contributed by atoms with Crippen molar-refractivity contribution in [2.45, 2.75) is 46.1 Å². The summed E-state index contributed by atoms with van der Waals surface area (Å²) in [6, 6.07) is 16.3. The third-order valence-corrected chi connectivity index (χ3v) is 5.18. The van der Waals surface area contributed by atoms with Gasteiger partial charge in [0.2, 0.25) is 0 Å². The lowest BCUT2D eigenvalue weighted by Crippen LogP contribution is -2.25. The van der Waals surface area contributed by atoms with Crippen LogP contribution in [0, 0.1) is 0 Å². The van der Waals surface area contributed by atoms with Crippen LogP contribution in [0.2, 0.25) is 5.02 Å². The van der Waals surface area contributed by atoms with Crippen molar-refractivity contribution < 1.29 is 4.79 Å². The van der Waals surface area contributed by atoms with E-state index in [1.165, 1.54) is 0 Å². The number of unbranched alkanes of at least 4 members (excludes halogenated alkanes) is 2. The number of carbonyl (C=O) groups is 1. The summed E-state index contributed by atoms with van der Waals surface area (Å²) in [5.41, 5.74) is 3.10. The van der Waals surface area contributed by atoms with Crippen molar-refractivity contribution in [3.63, 3.8) is 0 Å². The Bertz CT molecular complexity index is 1040. The molecule has 1 aromatic heterocycles. The maximum Gasteiger partial charge on any atom is 0.254 e. The molecule has 4 nitrogen and oxygen atoms in total. The van der Waals surface area contributed by atoms with E-state index < -0.39 is 0 Å². The first kappa shape index (κ1) is 21.0. The van der Waals surface area contributed by atoms with Crippen LogP contribution in [0.5, 0.6) is 0 Å². The molecule has 2 aromatic carbocycles. The zero-order valence-corrected chi connectivity index (χ0v) is 17.6. The van der Waals surface area contributed by atoms with Crippen molar-refractivity contribution in [2.75, 3.05) is 0 Å². The van der Waals surface area contributed by atoms with Gasteiger partial charge in [-0.1, -0.05) is 67.8 Å². The lowest BCUT2D eigenvalue weighted by atomic mass is 10.1. The highest BCUT2D eigenvalue weighted by molar-refractivity contribution is 6.30. The largest absolute Gasteiger partial charge is 0.295 e. The number of aryl methyl sites for hydroxylation is 1. The molecule has 150 valence electrons. The van der Waals surface area contributed by atoms with Gasteiger partial charge in [0.15, 0.2) is 5.78 Å². The summed E-state index contributed by atoms with van der Waals surface area (Å²) < 4.78 is 1.73. The van der Waals surface area contributed by atoms with Gasteiger partial charge in [-0.3, -0.25) is 14.2 Å². The standard InChI is InChI=1S/C24H25ClN2O2/c1-3-4-5-6-23-26-22(20-11-13-21(25)14-12-20)15-24(29)27(23)16-18-7-9-19(10-8-18)17(2)28/h7-15H,3-6,16H2,1-2H3. The number of carbonyl (C=O) groups excluding carboxylic acids is 1. The minimum atomic E-state index is -0.0768. The maximum absolute atomic E-state index is 13.0. The first-order valence-corrected chi connectivity index (χ1v) is 10.3. The van der Waals surface area contributed by atoms with E-state index in [9.17, 15) is 9.59 Å². The monoisotopic (exact) mass is 408 g/mol. The second-order valence-corrected chi connectivity index (χ2v) is 7.64. The molecule has 0 atom stereocenters. The number of hydrogen-bond acceptors (Lipinski definition) is 3. The molecule has 0 aliphatic heterocycles. The highest BCUT2D eigenvalue weighted by Crippen LogP contribution is 2.20. The molecule has 0 unspecified atom stereocenters.